The van der Waals surface area contributed by atoms with E-state index in [1.807, 2.05) is 6.92 Å². The second-order valence-corrected chi connectivity index (χ2v) is 6.01. The van der Waals surface area contributed by atoms with Crippen LogP contribution < -0.4 is 5.32 Å². The summed E-state index contributed by atoms with van der Waals surface area (Å²) in [5.41, 5.74) is -0.576. The smallest absolute Gasteiger partial charge is 0.325 e. The lowest BCUT2D eigenvalue weighted by Crippen LogP contribution is -2.53. The van der Waals surface area contributed by atoms with Crippen LogP contribution in [0.4, 0.5) is 0 Å². The summed E-state index contributed by atoms with van der Waals surface area (Å²) in [5, 5.41) is 3.35. The van der Waals surface area contributed by atoms with Crippen molar-refractivity contribution in [3.8, 4) is 0 Å². The van der Waals surface area contributed by atoms with E-state index >= 15 is 0 Å². The molecule has 0 aromatic carbocycles. The molecule has 0 saturated carbocycles. The molecule has 4 heteroatoms. The molecule has 0 aromatic heterocycles. The number of rotatable bonds is 11. The zero-order valence-corrected chi connectivity index (χ0v) is 14.3. The molecule has 0 heterocycles. The third-order valence-electron chi connectivity index (χ3n) is 3.67. The summed E-state index contributed by atoms with van der Waals surface area (Å²) in [7, 11) is 1.46. The van der Waals surface area contributed by atoms with Crippen LogP contribution in [0.3, 0.4) is 0 Å². The lowest BCUT2D eigenvalue weighted by atomic mass is 9.94. The Bertz CT molecular complexity index is 269. The van der Waals surface area contributed by atoms with E-state index in [9.17, 15) is 4.79 Å². The number of nitrogens with zero attached hydrogens (tertiary/aromatic N) is 1. The maximum Gasteiger partial charge on any atom is 0.325 e. The summed E-state index contributed by atoms with van der Waals surface area (Å²) in [6.07, 6.45) is 4.28. The molecule has 0 rings (SSSR count). The molecule has 0 spiro atoms. The average molecular weight is 286 g/mol. The Balaban J connectivity index is 4.35. The van der Waals surface area contributed by atoms with Crippen molar-refractivity contribution in [2.45, 2.75) is 71.9 Å². The lowest BCUT2D eigenvalue weighted by Gasteiger charge is -2.31. The van der Waals surface area contributed by atoms with Crippen LogP contribution in [0, 0.1) is 0 Å². The van der Waals surface area contributed by atoms with E-state index in [0.29, 0.717) is 0 Å². The number of methoxy groups -OCH3 is 1. The van der Waals surface area contributed by atoms with Gasteiger partial charge in [-0.2, -0.15) is 0 Å². The van der Waals surface area contributed by atoms with Crippen molar-refractivity contribution in [2.24, 2.45) is 0 Å². The van der Waals surface area contributed by atoms with Gasteiger partial charge in [0.15, 0.2) is 0 Å². The van der Waals surface area contributed by atoms with Crippen LogP contribution in [0.5, 0.6) is 0 Å². The average Bonchev–Trinajstić information content (AvgIpc) is 2.40. The minimum Gasteiger partial charge on any atom is -0.468 e. The van der Waals surface area contributed by atoms with Gasteiger partial charge in [-0.05, 0) is 59.7 Å². The van der Waals surface area contributed by atoms with Gasteiger partial charge in [-0.15, -0.1) is 0 Å². The maximum absolute atomic E-state index is 12.0. The molecular weight excluding hydrogens is 252 g/mol. The Kier molecular flexibility index (Phi) is 9.86. The molecule has 120 valence electrons. The van der Waals surface area contributed by atoms with E-state index in [0.717, 1.165) is 32.5 Å². The SMILES string of the molecule is CCCCN(CC)CCCC(C)(NC(C)C)C(=O)OC. The summed E-state index contributed by atoms with van der Waals surface area (Å²) >= 11 is 0. The minimum atomic E-state index is -0.576. The molecule has 1 atom stereocenters. The molecule has 0 radical (unpaired) electrons. The van der Waals surface area contributed by atoms with Gasteiger partial charge >= 0.3 is 5.97 Å². The van der Waals surface area contributed by atoms with E-state index < -0.39 is 5.54 Å². The molecule has 0 bridgehead atoms. The molecule has 0 saturated heterocycles. The highest BCUT2D eigenvalue weighted by Crippen LogP contribution is 2.16. The summed E-state index contributed by atoms with van der Waals surface area (Å²) < 4.78 is 4.95. The van der Waals surface area contributed by atoms with Crippen molar-refractivity contribution in [3.63, 3.8) is 0 Å². The standard InChI is InChI=1S/C16H34N2O2/c1-7-9-12-18(8-2)13-10-11-16(5,15(19)20-6)17-14(3)4/h14,17H,7-13H2,1-6H3. The first-order chi connectivity index (χ1) is 9.39. The van der Waals surface area contributed by atoms with E-state index in [4.69, 9.17) is 4.74 Å². The number of carbonyl (C=O) groups is 1. The number of ether oxygens (including phenoxy) is 1. The number of nitrogens with one attached hydrogen (secondary N) is 1. The Labute approximate surface area is 125 Å². The molecule has 0 aromatic rings. The van der Waals surface area contributed by atoms with Crippen LogP contribution in [0.15, 0.2) is 0 Å². The fraction of sp³-hybridized carbons (Fsp3) is 0.938. The monoisotopic (exact) mass is 286 g/mol. The number of hydrogen-bond acceptors (Lipinski definition) is 4. The van der Waals surface area contributed by atoms with Crippen LogP contribution >= 0.6 is 0 Å². The molecule has 1 N–H and O–H groups in total. The Hall–Kier alpha value is -0.610. The second-order valence-electron chi connectivity index (χ2n) is 6.01. The number of hydrogen-bond donors (Lipinski definition) is 1. The molecule has 0 aliphatic rings. The fourth-order valence-electron chi connectivity index (χ4n) is 2.56. The van der Waals surface area contributed by atoms with Crippen molar-refractivity contribution in [1.82, 2.24) is 10.2 Å². The third kappa shape index (κ3) is 7.25. The van der Waals surface area contributed by atoms with E-state index in [2.05, 4.69) is 37.9 Å². The van der Waals surface area contributed by atoms with Gasteiger partial charge in [0.1, 0.15) is 5.54 Å². The van der Waals surface area contributed by atoms with E-state index in [1.54, 1.807) is 0 Å². The number of unbranched alkanes of at least 4 members (excludes halogenated alkanes) is 1. The van der Waals surface area contributed by atoms with Gasteiger partial charge in [-0.1, -0.05) is 20.3 Å². The highest BCUT2D eigenvalue weighted by molar-refractivity contribution is 5.80. The molecule has 0 fully saturated rings. The van der Waals surface area contributed by atoms with Crippen molar-refractivity contribution < 1.29 is 9.53 Å². The van der Waals surface area contributed by atoms with Crippen molar-refractivity contribution in [1.29, 1.82) is 0 Å². The van der Waals surface area contributed by atoms with Gasteiger partial charge in [-0.3, -0.25) is 10.1 Å². The fourth-order valence-corrected chi connectivity index (χ4v) is 2.56. The Morgan fingerprint density at radius 1 is 1.25 bits per heavy atom. The predicted molar refractivity (Wildman–Crippen MR) is 84.9 cm³/mol. The third-order valence-corrected chi connectivity index (χ3v) is 3.67. The van der Waals surface area contributed by atoms with Crippen LogP contribution in [-0.4, -0.2) is 49.2 Å². The highest BCUT2D eigenvalue weighted by atomic mass is 16.5. The topological polar surface area (TPSA) is 41.6 Å². The predicted octanol–water partition coefficient (Wildman–Crippen LogP) is 2.82. The number of esters is 1. The first kappa shape index (κ1) is 19.4. The number of carbonyl (C=O) groups excluding carboxylic acids is 1. The summed E-state index contributed by atoms with van der Waals surface area (Å²) in [4.78, 5) is 14.4. The van der Waals surface area contributed by atoms with Gasteiger partial charge in [0.25, 0.3) is 0 Å². The van der Waals surface area contributed by atoms with Crippen molar-refractivity contribution in [3.05, 3.63) is 0 Å². The highest BCUT2D eigenvalue weighted by Gasteiger charge is 2.34. The summed E-state index contributed by atoms with van der Waals surface area (Å²) in [5.74, 6) is -0.164. The molecule has 0 amide bonds. The molecule has 20 heavy (non-hydrogen) atoms. The zero-order chi connectivity index (χ0) is 15.6. The molecule has 1 unspecified atom stereocenters. The first-order valence-electron chi connectivity index (χ1n) is 7.98. The molecule has 0 aliphatic heterocycles. The summed E-state index contributed by atoms with van der Waals surface area (Å²) in [6.45, 7) is 13.7. The van der Waals surface area contributed by atoms with E-state index in [1.165, 1.54) is 20.0 Å². The summed E-state index contributed by atoms with van der Waals surface area (Å²) in [6, 6.07) is 0.265. The normalized spacial score (nSPS) is 14.6. The maximum atomic E-state index is 12.0. The minimum absolute atomic E-state index is 0.164. The van der Waals surface area contributed by atoms with Gasteiger partial charge in [-0.25, -0.2) is 0 Å². The van der Waals surface area contributed by atoms with Crippen molar-refractivity contribution >= 4 is 5.97 Å². The van der Waals surface area contributed by atoms with Crippen LogP contribution in [-0.2, 0) is 9.53 Å². The zero-order valence-electron chi connectivity index (χ0n) is 14.3. The molecule has 0 aliphatic carbocycles. The largest absolute Gasteiger partial charge is 0.468 e. The second kappa shape index (κ2) is 10.2. The first-order valence-corrected chi connectivity index (χ1v) is 7.98. The quantitative estimate of drug-likeness (QED) is 0.593. The van der Waals surface area contributed by atoms with Gasteiger partial charge < -0.3 is 9.64 Å². The van der Waals surface area contributed by atoms with Crippen LogP contribution in [0.25, 0.3) is 0 Å². The van der Waals surface area contributed by atoms with E-state index in [-0.39, 0.29) is 12.0 Å². The Morgan fingerprint density at radius 3 is 2.30 bits per heavy atom. The van der Waals surface area contributed by atoms with Gasteiger partial charge in [0.05, 0.1) is 7.11 Å². The Morgan fingerprint density at radius 2 is 1.85 bits per heavy atom. The van der Waals surface area contributed by atoms with Crippen LogP contribution in [0.2, 0.25) is 0 Å². The molecular formula is C16H34N2O2. The van der Waals surface area contributed by atoms with Crippen LogP contribution in [0.1, 0.15) is 60.3 Å². The van der Waals surface area contributed by atoms with Gasteiger partial charge in [0, 0.05) is 6.04 Å². The molecule has 4 nitrogen and oxygen atoms in total. The van der Waals surface area contributed by atoms with Gasteiger partial charge in [0.2, 0.25) is 0 Å². The van der Waals surface area contributed by atoms with Crippen molar-refractivity contribution in [2.75, 3.05) is 26.7 Å². The lowest BCUT2D eigenvalue weighted by molar-refractivity contribution is -0.148.